The molecule has 0 aromatic heterocycles. The molecule has 3 atom stereocenters. The molecule has 2 aromatic rings. The zero-order valence-electron chi connectivity index (χ0n) is 13.3. The van der Waals surface area contributed by atoms with Crippen LogP contribution in [-0.2, 0) is 0 Å². The average Bonchev–Trinajstić information content (AvgIpc) is 3.05. The van der Waals surface area contributed by atoms with E-state index in [0.717, 1.165) is 22.7 Å². The van der Waals surface area contributed by atoms with Gasteiger partial charge in [0.2, 0.25) is 0 Å². The van der Waals surface area contributed by atoms with Gasteiger partial charge in [0.15, 0.2) is 0 Å². The molecular weight excluding hydrogens is 322 g/mol. The highest BCUT2D eigenvalue weighted by atomic mass is 35.5. The van der Waals surface area contributed by atoms with Crippen LogP contribution in [0.25, 0.3) is 0 Å². The Morgan fingerprint density at radius 1 is 1.21 bits per heavy atom. The number of aromatic carboxylic acids is 1. The van der Waals surface area contributed by atoms with Crippen molar-refractivity contribution in [3.05, 3.63) is 75.8 Å². The SMILES string of the molecule is Cc1c(C(=O)O)ccc2c1N[C@H](c1ccc(Cl)cc1)[C@@H]1CC=C[C@H]21. The maximum absolute atomic E-state index is 11.5. The predicted octanol–water partition coefficient (Wildman–Crippen LogP) is 5.17. The van der Waals surface area contributed by atoms with Gasteiger partial charge in [-0.25, -0.2) is 4.79 Å². The Morgan fingerprint density at radius 3 is 2.67 bits per heavy atom. The zero-order chi connectivity index (χ0) is 16.8. The highest BCUT2D eigenvalue weighted by Crippen LogP contribution is 2.51. The van der Waals surface area contributed by atoms with E-state index < -0.39 is 5.97 Å². The molecule has 0 amide bonds. The minimum absolute atomic E-state index is 0.150. The highest BCUT2D eigenvalue weighted by molar-refractivity contribution is 6.30. The Morgan fingerprint density at radius 2 is 1.96 bits per heavy atom. The number of carboxylic acids is 1. The number of rotatable bonds is 2. The highest BCUT2D eigenvalue weighted by Gasteiger charge is 2.38. The van der Waals surface area contributed by atoms with E-state index in [1.807, 2.05) is 25.1 Å². The molecule has 0 radical (unpaired) electrons. The fourth-order valence-corrected chi connectivity index (χ4v) is 4.17. The van der Waals surface area contributed by atoms with Crippen molar-refractivity contribution in [3.63, 3.8) is 0 Å². The molecule has 0 bridgehead atoms. The normalized spacial score (nSPS) is 24.2. The van der Waals surface area contributed by atoms with E-state index in [0.29, 0.717) is 17.4 Å². The van der Waals surface area contributed by atoms with Crippen molar-refractivity contribution in [1.82, 2.24) is 0 Å². The molecule has 1 aliphatic carbocycles. The van der Waals surface area contributed by atoms with Crippen molar-refractivity contribution in [1.29, 1.82) is 0 Å². The van der Waals surface area contributed by atoms with Crippen molar-refractivity contribution in [2.45, 2.75) is 25.3 Å². The Hall–Kier alpha value is -2.26. The van der Waals surface area contributed by atoms with E-state index in [1.54, 1.807) is 6.07 Å². The number of anilines is 1. The van der Waals surface area contributed by atoms with Crippen LogP contribution in [0.15, 0.2) is 48.6 Å². The molecule has 1 heterocycles. The molecule has 1 aliphatic heterocycles. The van der Waals surface area contributed by atoms with E-state index in [-0.39, 0.29) is 6.04 Å². The predicted molar refractivity (Wildman–Crippen MR) is 95.9 cm³/mol. The molecule has 0 unspecified atom stereocenters. The van der Waals surface area contributed by atoms with Crippen LogP contribution in [0.5, 0.6) is 0 Å². The number of benzene rings is 2. The van der Waals surface area contributed by atoms with E-state index in [2.05, 4.69) is 29.6 Å². The van der Waals surface area contributed by atoms with E-state index in [1.165, 1.54) is 11.1 Å². The molecule has 3 nitrogen and oxygen atoms in total. The second kappa shape index (κ2) is 5.67. The molecule has 4 heteroatoms. The standard InChI is InChI=1S/C20H18ClNO2/c1-11-14(20(23)24)9-10-17-15-3-2-4-16(15)19(22-18(11)17)12-5-7-13(21)8-6-12/h2-3,5-10,15-16,19,22H,4H2,1H3,(H,23,24)/t15-,16+,19+/m0/s1. The monoisotopic (exact) mass is 339 g/mol. The van der Waals surface area contributed by atoms with Crippen LogP contribution in [0.3, 0.4) is 0 Å². The molecule has 0 fully saturated rings. The van der Waals surface area contributed by atoms with Gasteiger partial charge in [-0.15, -0.1) is 0 Å². The summed E-state index contributed by atoms with van der Waals surface area (Å²) in [6, 6.07) is 11.8. The minimum Gasteiger partial charge on any atom is -0.478 e. The third kappa shape index (κ3) is 2.31. The Balaban J connectivity index is 1.83. The van der Waals surface area contributed by atoms with Gasteiger partial charge >= 0.3 is 5.97 Å². The first-order valence-corrected chi connectivity index (χ1v) is 8.49. The molecule has 24 heavy (non-hydrogen) atoms. The van der Waals surface area contributed by atoms with Crippen LogP contribution in [0.2, 0.25) is 5.02 Å². The molecule has 4 rings (SSSR count). The van der Waals surface area contributed by atoms with Crippen LogP contribution < -0.4 is 5.32 Å². The topological polar surface area (TPSA) is 49.3 Å². The van der Waals surface area contributed by atoms with Gasteiger partial charge in [-0.05, 0) is 54.2 Å². The largest absolute Gasteiger partial charge is 0.478 e. The number of hydrogen-bond acceptors (Lipinski definition) is 2. The maximum atomic E-state index is 11.5. The number of allylic oxidation sites excluding steroid dienone is 2. The lowest BCUT2D eigenvalue weighted by Gasteiger charge is -2.38. The Bertz CT molecular complexity index is 841. The first-order chi connectivity index (χ1) is 11.6. The number of halogens is 1. The van der Waals surface area contributed by atoms with Gasteiger partial charge in [-0.2, -0.15) is 0 Å². The second-order valence-corrected chi connectivity index (χ2v) is 6.97. The molecule has 2 aliphatic rings. The number of carbonyl (C=O) groups is 1. The van der Waals surface area contributed by atoms with Gasteiger partial charge < -0.3 is 10.4 Å². The van der Waals surface area contributed by atoms with Crippen molar-refractivity contribution >= 4 is 23.3 Å². The summed E-state index contributed by atoms with van der Waals surface area (Å²) < 4.78 is 0. The third-order valence-corrected chi connectivity index (χ3v) is 5.51. The number of hydrogen-bond donors (Lipinski definition) is 2. The molecule has 122 valence electrons. The second-order valence-electron chi connectivity index (χ2n) is 6.53. The van der Waals surface area contributed by atoms with Gasteiger partial charge in [-0.3, -0.25) is 0 Å². The molecule has 0 saturated carbocycles. The van der Waals surface area contributed by atoms with Crippen LogP contribution in [0, 0.1) is 12.8 Å². The molecule has 0 spiro atoms. The average molecular weight is 340 g/mol. The minimum atomic E-state index is -0.885. The first-order valence-electron chi connectivity index (χ1n) is 8.11. The number of carboxylic acid groups (broad SMARTS) is 1. The lowest BCUT2D eigenvalue weighted by atomic mass is 9.76. The van der Waals surface area contributed by atoms with Crippen molar-refractivity contribution in [2.24, 2.45) is 5.92 Å². The summed E-state index contributed by atoms with van der Waals surface area (Å²) in [6.07, 6.45) is 5.51. The lowest BCUT2D eigenvalue weighted by Crippen LogP contribution is -2.30. The maximum Gasteiger partial charge on any atom is 0.336 e. The summed E-state index contributed by atoms with van der Waals surface area (Å²) in [5, 5.41) is 13.8. The van der Waals surface area contributed by atoms with Crippen molar-refractivity contribution in [2.75, 3.05) is 5.32 Å². The summed E-state index contributed by atoms with van der Waals surface area (Å²) in [5.41, 5.74) is 4.50. The van der Waals surface area contributed by atoms with E-state index in [9.17, 15) is 9.90 Å². The molecule has 2 aromatic carbocycles. The lowest BCUT2D eigenvalue weighted by molar-refractivity contribution is 0.0696. The number of nitrogens with one attached hydrogen (secondary N) is 1. The van der Waals surface area contributed by atoms with Crippen molar-refractivity contribution < 1.29 is 9.90 Å². The van der Waals surface area contributed by atoms with Gasteiger partial charge in [0, 0.05) is 16.6 Å². The fourth-order valence-electron chi connectivity index (χ4n) is 4.05. The van der Waals surface area contributed by atoms with Gasteiger partial charge in [0.25, 0.3) is 0 Å². The van der Waals surface area contributed by atoms with Crippen molar-refractivity contribution in [3.8, 4) is 0 Å². The zero-order valence-corrected chi connectivity index (χ0v) is 14.0. The molecule has 0 saturated heterocycles. The Kier molecular flexibility index (Phi) is 3.61. The summed E-state index contributed by atoms with van der Waals surface area (Å²) in [7, 11) is 0. The van der Waals surface area contributed by atoms with E-state index in [4.69, 9.17) is 11.6 Å². The molecule has 2 N–H and O–H groups in total. The third-order valence-electron chi connectivity index (χ3n) is 5.26. The number of fused-ring (bicyclic) bond motifs is 3. The van der Waals surface area contributed by atoms with Gasteiger partial charge in [0.1, 0.15) is 0 Å². The summed E-state index contributed by atoms with van der Waals surface area (Å²) in [6.45, 7) is 1.88. The van der Waals surface area contributed by atoms with Gasteiger partial charge in [-0.1, -0.05) is 42.0 Å². The quantitative estimate of drug-likeness (QED) is 0.742. The van der Waals surface area contributed by atoms with Crippen LogP contribution in [-0.4, -0.2) is 11.1 Å². The van der Waals surface area contributed by atoms with Gasteiger partial charge in [0.05, 0.1) is 11.6 Å². The summed E-state index contributed by atoms with van der Waals surface area (Å²) in [4.78, 5) is 11.5. The van der Waals surface area contributed by atoms with E-state index >= 15 is 0 Å². The first kappa shape index (κ1) is 15.3. The van der Waals surface area contributed by atoms with Crippen LogP contribution in [0.4, 0.5) is 5.69 Å². The summed E-state index contributed by atoms with van der Waals surface area (Å²) in [5.74, 6) is -0.124. The van der Waals surface area contributed by atoms with Crippen LogP contribution >= 0.6 is 11.6 Å². The smallest absolute Gasteiger partial charge is 0.336 e. The summed E-state index contributed by atoms with van der Waals surface area (Å²) >= 11 is 6.03. The van der Waals surface area contributed by atoms with Crippen LogP contribution in [0.1, 0.15) is 45.4 Å². The molecular formula is C20H18ClNO2. The fraction of sp³-hybridized carbons (Fsp3) is 0.250. The Labute approximate surface area is 146 Å².